The summed E-state index contributed by atoms with van der Waals surface area (Å²) in [5, 5.41) is 18.4. The molecule has 0 fully saturated rings. The van der Waals surface area contributed by atoms with Crippen molar-refractivity contribution in [3.05, 3.63) is 64.4 Å². The molecule has 0 radical (unpaired) electrons. The number of aliphatic hydroxyl groups is 1. The highest BCUT2D eigenvalue weighted by molar-refractivity contribution is 5.76. The van der Waals surface area contributed by atoms with Gasteiger partial charge in [0, 0.05) is 0 Å². The maximum Gasteiger partial charge on any atom is 0.277 e. The smallest absolute Gasteiger partial charge is 0.277 e. The molecule has 0 bridgehead atoms. The molecule has 1 N–H and O–H groups in total. The third kappa shape index (κ3) is 4.20. The Bertz CT molecular complexity index is 893. The molecule has 25 heavy (non-hydrogen) atoms. The summed E-state index contributed by atoms with van der Waals surface area (Å²) in [5.74, 6) is 0.776. The van der Waals surface area contributed by atoms with E-state index in [-0.39, 0.29) is 18.7 Å². The van der Waals surface area contributed by atoms with E-state index in [1.165, 1.54) is 0 Å². The van der Waals surface area contributed by atoms with Gasteiger partial charge in [-0.05, 0) is 29.8 Å². The first-order valence-corrected chi connectivity index (χ1v) is 7.88. The molecule has 2 aromatic carbocycles. The average Bonchev–Trinajstić information content (AvgIpc) is 2.65. The minimum absolute atomic E-state index is 0.0271. The molecule has 7 nitrogen and oxygen atoms in total. The first kappa shape index (κ1) is 17.1. The predicted octanol–water partition coefficient (Wildman–Crippen LogP) is 1.38. The molecule has 0 unspecified atom stereocenters. The second-order valence-electron chi connectivity index (χ2n) is 5.61. The van der Waals surface area contributed by atoms with E-state index in [0.29, 0.717) is 17.5 Å². The topological polar surface area (TPSA) is 86.5 Å². The van der Waals surface area contributed by atoms with Crippen LogP contribution in [0.4, 0.5) is 0 Å². The molecular weight excluding hydrogens is 322 g/mol. The summed E-state index contributed by atoms with van der Waals surface area (Å²) in [4.78, 5) is 12.3. The Kier molecular flexibility index (Phi) is 5.37. The highest BCUT2D eigenvalue weighted by Gasteiger charge is 2.11. The van der Waals surface area contributed by atoms with Gasteiger partial charge < -0.3 is 14.6 Å². The second kappa shape index (κ2) is 7.87. The summed E-state index contributed by atoms with van der Waals surface area (Å²) in [5.41, 5.74) is 1.23. The minimum atomic E-state index is -0.855. The number of hydrogen-bond acceptors (Lipinski definition) is 6. The van der Waals surface area contributed by atoms with Gasteiger partial charge in [-0.1, -0.05) is 29.5 Å². The Morgan fingerprint density at radius 1 is 1.16 bits per heavy atom. The molecule has 1 heterocycles. The van der Waals surface area contributed by atoms with Crippen LogP contribution in [0.25, 0.3) is 10.9 Å². The Morgan fingerprint density at radius 3 is 2.68 bits per heavy atom. The maximum atomic E-state index is 12.3. The van der Waals surface area contributed by atoms with E-state index < -0.39 is 6.10 Å². The fourth-order valence-electron chi connectivity index (χ4n) is 2.43. The minimum Gasteiger partial charge on any atom is -0.497 e. The first-order chi connectivity index (χ1) is 12.2. The van der Waals surface area contributed by atoms with Gasteiger partial charge in [0.05, 0.1) is 38.4 Å². The molecule has 0 saturated heterocycles. The van der Waals surface area contributed by atoms with Crippen LogP contribution < -0.4 is 10.3 Å². The number of hydrogen-bond donors (Lipinski definition) is 1. The highest BCUT2D eigenvalue weighted by Crippen LogP contribution is 2.12. The van der Waals surface area contributed by atoms with Crippen LogP contribution in [0.3, 0.4) is 0 Å². The average molecular weight is 341 g/mol. The molecular formula is C18H19N3O4. The molecule has 130 valence electrons. The van der Waals surface area contributed by atoms with Gasteiger partial charge in [-0.25, -0.2) is 4.68 Å². The van der Waals surface area contributed by atoms with Gasteiger partial charge in [0.25, 0.3) is 5.56 Å². The van der Waals surface area contributed by atoms with E-state index in [2.05, 4.69) is 10.3 Å². The molecule has 3 rings (SSSR count). The molecule has 0 aliphatic heterocycles. The van der Waals surface area contributed by atoms with Crippen molar-refractivity contribution in [3.8, 4) is 5.75 Å². The Morgan fingerprint density at radius 2 is 1.92 bits per heavy atom. The normalized spacial score (nSPS) is 12.2. The van der Waals surface area contributed by atoms with Gasteiger partial charge in [0.2, 0.25) is 0 Å². The number of rotatable bonds is 7. The van der Waals surface area contributed by atoms with Crippen LogP contribution in [0.1, 0.15) is 5.56 Å². The van der Waals surface area contributed by atoms with Crippen LogP contribution in [0.5, 0.6) is 5.75 Å². The van der Waals surface area contributed by atoms with Crippen LogP contribution in [0.15, 0.2) is 53.3 Å². The van der Waals surface area contributed by atoms with Crippen LogP contribution in [0, 0.1) is 0 Å². The number of aromatic nitrogens is 3. The van der Waals surface area contributed by atoms with Gasteiger partial charge >= 0.3 is 0 Å². The number of aliphatic hydroxyl groups excluding tert-OH is 1. The quantitative estimate of drug-likeness (QED) is 0.699. The monoisotopic (exact) mass is 341 g/mol. The number of fused-ring (bicyclic) bond motifs is 1. The van der Waals surface area contributed by atoms with Gasteiger partial charge in [0.15, 0.2) is 0 Å². The first-order valence-electron chi connectivity index (χ1n) is 7.88. The van der Waals surface area contributed by atoms with E-state index in [1.807, 2.05) is 24.3 Å². The second-order valence-corrected chi connectivity index (χ2v) is 5.61. The Balaban J connectivity index is 1.56. The molecule has 1 aromatic heterocycles. The molecule has 0 spiro atoms. The van der Waals surface area contributed by atoms with Crippen LogP contribution >= 0.6 is 0 Å². The lowest BCUT2D eigenvalue weighted by atomic mass is 10.2. The van der Waals surface area contributed by atoms with Crippen molar-refractivity contribution in [2.45, 2.75) is 19.3 Å². The number of methoxy groups -OCH3 is 1. The van der Waals surface area contributed by atoms with Crippen molar-refractivity contribution in [2.75, 3.05) is 13.7 Å². The summed E-state index contributed by atoms with van der Waals surface area (Å²) in [6, 6.07) is 14.5. The predicted molar refractivity (Wildman–Crippen MR) is 92.5 cm³/mol. The maximum absolute atomic E-state index is 12.3. The number of benzene rings is 2. The third-order valence-corrected chi connectivity index (χ3v) is 3.75. The number of nitrogens with zero attached hydrogens (tertiary/aromatic N) is 3. The largest absolute Gasteiger partial charge is 0.497 e. The van der Waals surface area contributed by atoms with Crippen LogP contribution in [-0.2, 0) is 17.9 Å². The highest BCUT2D eigenvalue weighted by atomic mass is 16.5. The van der Waals surface area contributed by atoms with E-state index in [9.17, 15) is 9.90 Å². The van der Waals surface area contributed by atoms with Crippen molar-refractivity contribution in [1.82, 2.24) is 15.0 Å². The summed E-state index contributed by atoms with van der Waals surface area (Å²) >= 11 is 0. The Labute approximate surface area is 144 Å². The van der Waals surface area contributed by atoms with E-state index in [0.717, 1.165) is 16.0 Å². The molecule has 1 atom stereocenters. The van der Waals surface area contributed by atoms with Gasteiger partial charge in [-0.2, -0.15) is 0 Å². The lowest BCUT2D eigenvalue weighted by Gasteiger charge is -2.12. The lowest BCUT2D eigenvalue weighted by molar-refractivity contribution is 0.0177. The van der Waals surface area contributed by atoms with E-state index in [4.69, 9.17) is 9.47 Å². The zero-order valence-corrected chi connectivity index (χ0v) is 13.8. The molecule has 0 saturated carbocycles. The standard InChI is InChI=1S/C18H19N3O4/c1-24-15-8-6-13(7-9-15)11-25-12-14(22)10-21-18(23)16-4-2-3-5-17(16)19-20-21/h2-9,14,22H,10-12H2,1H3/t14-/m1/s1. The van der Waals surface area contributed by atoms with Crippen molar-refractivity contribution in [3.63, 3.8) is 0 Å². The fourth-order valence-corrected chi connectivity index (χ4v) is 2.43. The fraction of sp³-hybridized carbons (Fsp3) is 0.278. The van der Waals surface area contributed by atoms with Crippen molar-refractivity contribution < 1.29 is 14.6 Å². The van der Waals surface area contributed by atoms with Crippen molar-refractivity contribution in [2.24, 2.45) is 0 Å². The molecule has 0 aliphatic carbocycles. The van der Waals surface area contributed by atoms with Gasteiger partial charge in [0.1, 0.15) is 11.3 Å². The summed E-state index contributed by atoms with van der Waals surface area (Å²) in [6.45, 7) is 0.478. The Hall–Kier alpha value is -2.77. The van der Waals surface area contributed by atoms with Gasteiger partial charge in [-0.3, -0.25) is 4.79 Å². The summed E-state index contributed by atoms with van der Waals surface area (Å²) in [6.07, 6.45) is -0.855. The zero-order valence-electron chi connectivity index (χ0n) is 13.8. The lowest BCUT2D eigenvalue weighted by Crippen LogP contribution is -2.31. The zero-order chi connectivity index (χ0) is 17.6. The molecule has 7 heteroatoms. The third-order valence-electron chi connectivity index (χ3n) is 3.75. The van der Waals surface area contributed by atoms with Crippen LogP contribution in [0.2, 0.25) is 0 Å². The van der Waals surface area contributed by atoms with Crippen molar-refractivity contribution in [1.29, 1.82) is 0 Å². The summed E-state index contributed by atoms with van der Waals surface area (Å²) < 4.78 is 11.8. The molecule has 0 amide bonds. The van der Waals surface area contributed by atoms with Crippen LogP contribution in [-0.4, -0.2) is 39.9 Å². The SMILES string of the molecule is COc1ccc(COC[C@H](O)Cn2nnc3ccccc3c2=O)cc1. The molecule has 3 aromatic rings. The number of ether oxygens (including phenoxy) is 2. The van der Waals surface area contributed by atoms with Crippen molar-refractivity contribution >= 4 is 10.9 Å². The van der Waals surface area contributed by atoms with Gasteiger partial charge in [-0.15, -0.1) is 5.10 Å². The molecule has 0 aliphatic rings. The summed E-state index contributed by atoms with van der Waals surface area (Å²) in [7, 11) is 1.61. The van der Waals surface area contributed by atoms with E-state index in [1.54, 1.807) is 31.4 Å². The van der Waals surface area contributed by atoms with E-state index >= 15 is 0 Å².